The van der Waals surface area contributed by atoms with Crippen LogP contribution >= 0.6 is 22.7 Å². The van der Waals surface area contributed by atoms with Crippen molar-refractivity contribution in [1.29, 1.82) is 0 Å². The molecule has 1 aromatic carbocycles. The van der Waals surface area contributed by atoms with Crippen LogP contribution < -0.4 is 9.50 Å². The van der Waals surface area contributed by atoms with Gasteiger partial charge in [0.15, 0.2) is 9.34 Å². The van der Waals surface area contributed by atoms with Crippen LogP contribution in [0.4, 0.5) is 5.13 Å². The van der Waals surface area contributed by atoms with E-state index in [0.29, 0.717) is 10.6 Å². The Labute approximate surface area is 146 Å². The van der Waals surface area contributed by atoms with E-state index in [9.17, 15) is 13.2 Å². The molecule has 1 amide bonds. The number of rotatable bonds is 5. The summed E-state index contributed by atoms with van der Waals surface area (Å²) in [6.45, 7) is 0. The Morgan fingerprint density at radius 1 is 1.29 bits per heavy atom. The maximum Gasteiger partial charge on any atom is 0.348 e. The fourth-order valence-corrected chi connectivity index (χ4v) is 4.91. The Bertz CT molecular complexity index is 1000. The van der Waals surface area contributed by atoms with Crippen LogP contribution in [0.2, 0.25) is 0 Å². The first kappa shape index (κ1) is 15.6. The predicted octanol–water partition coefficient (Wildman–Crippen LogP) is 3.47. The molecule has 6 nitrogen and oxygen atoms in total. The third-order valence-electron chi connectivity index (χ3n) is 3.49. The molecule has 2 heterocycles. The molecular formula is C15H12N2O4S3. The molecule has 4 rings (SSSR count). The Morgan fingerprint density at radius 3 is 2.83 bits per heavy atom. The second-order valence-corrected chi connectivity index (χ2v) is 9.13. The van der Waals surface area contributed by atoms with Gasteiger partial charge in [-0.15, -0.1) is 11.3 Å². The second-order valence-electron chi connectivity index (χ2n) is 5.38. The first-order valence-corrected chi connectivity index (χ1v) is 10.3. The number of thiazole rings is 1. The number of fused-ring (bicyclic) bond motifs is 1. The summed E-state index contributed by atoms with van der Waals surface area (Å²) in [5, 5.41) is 4.99. The lowest BCUT2D eigenvalue weighted by Gasteiger charge is -2.04. The van der Waals surface area contributed by atoms with Gasteiger partial charge < -0.3 is 9.50 Å². The number of hydrogen-bond acceptors (Lipinski definition) is 7. The van der Waals surface area contributed by atoms with Crippen LogP contribution in [0.1, 0.15) is 12.8 Å². The number of anilines is 1. The van der Waals surface area contributed by atoms with Crippen LogP contribution in [-0.2, 0) is 14.9 Å². The molecule has 24 heavy (non-hydrogen) atoms. The maximum atomic E-state index is 12.2. The summed E-state index contributed by atoms with van der Waals surface area (Å²) >= 11 is 2.40. The van der Waals surface area contributed by atoms with Crippen molar-refractivity contribution in [2.75, 3.05) is 5.32 Å². The number of amides is 1. The van der Waals surface area contributed by atoms with Gasteiger partial charge >= 0.3 is 10.1 Å². The van der Waals surface area contributed by atoms with Gasteiger partial charge in [0, 0.05) is 12.0 Å². The maximum absolute atomic E-state index is 12.2. The third-order valence-corrected chi connectivity index (χ3v) is 7.02. The number of benzene rings is 1. The van der Waals surface area contributed by atoms with Crippen LogP contribution in [0.3, 0.4) is 0 Å². The van der Waals surface area contributed by atoms with Crippen LogP contribution in [0.15, 0.2) is 39.9 Å². The van der Waals surface area contributed by atoms with Gasteiger partial charge in [-0.05, 0) is 36.4 Å². The molecular weight excluding hydrogens is 368 g/mol. The second kappa shape index (κ2) is 5.83. The number of carbonyl (C=O) groups excluding carboxylic acids is 1. The molecule has 1 aliphatic rings. The third kappa shape index (κ3) is 3.14. The van der Waals surface area contributed by atoms with Crippen molar-refractivity contribution in [2.24, 2.45) is 5.92 Å². The van der Waals surface area contributed by atoms with Gasteiger partial charge in [-0.2, -0.15) is 8.42 Å². The van der Waals surface area contributed by atoms with Crippen molar-refractivity contribution in [3.8, 4) is 5.75 Å². The van der Waals surface area contributed by atoms with Gasteiger partial charge in [0.2, 0.25) is 5.91 Å². The Kier molecular flexibility index (Phi) is 3.78. The molecule has 124 valence electrons. The Morgan fingerprint density at radius 2 is 2.12 bits per heavy atom. The van der Waals surface area contributed by atoms with E-state index < -0.39 is 10.1 Å². The predicted molar refractivity (Wildman–Crippen MR) is 93.1 cm³/mol. The van der Waals surface area contributed by atoms with Crippen molar-refractivity contribution >= 4 is 54.0 Å². The molecule has 0 saturated heterocycles. The van der Waals surface area contributed by atoms with Gasteiger partial charge in [0.05, 0.1) is 10.2 Å². The average molecular weight is 380 g/mol. The summed E-state index contributed by atoms with van der Waals surface area (Å²) in [6, 6.07) is 8.00. The highest BCUT2D eigenvalue weighted by molar-refractivity contribution is 7.89. The minimum Gasteiger partial charge on any atom is -0.378 e. The zero-order valence-corrected chi connectivity index (χ0v) is 14.7. The molecule has 0 spiro atoms. The van der Waals surface area contributed by atoms with Crippen LogP contribution in [-0.4, -0.2) is 19.3 Å². The molecule has 0 bridgehead atoms. The minimum atomic E-state index is -3.82. The van der Waals surface area contributed by atoms with Crippen molar-refractivity contribution in [2.45, 2.75) is 17.1 Å². The number of aromatic nitrogens is 1. The van der Waals surface area contributed by atoms with Crippen molar-refractivity contribution in [1.82, 2.24) is 4.98 Å². The summed E-state index contributed by atoms with van der Waals surface area (Å²) in [5.74, 6) is 0.317. The van der Waals surface area contributed by atoms with Crippen LogP contribution in [0.5, 0.6) is 5.75 Å². The van der Waals surface area contributed by atoms with E-state index in [-0.39, 0.29) is 21.8 Å². The monoisotopic (exact) mass is 380 g/mol. The highest BCUT2D eigenvalue weighted by Gasteiger charge is 2.30. The SMILES string of the molecule is O=C(Nc1nc2ccc(OS(=O)(=O)c3cccs3)cc2s1)C1CC1. The first-order valence-electron chi connectivity index (χ1n) is 7.21. The van der Waals surface area contributed by atoms with Gasteiger partial charge in [0.25, 0.3) is 0 Å². The molecule has 0 aliphatic heterocycles. The fraction of sp³-hybridized carbons (Fsp3) is 0.200. The molecule has 1 N–H and O–H groups in total. The van der Waals surface area contributed by atoms with Crippen molar-refractivity contribution in [3.05, 3.63) is 35.7 Å². The molecule has 2 aromatic heterocycles. The van der Waals surface area contributed by atoms with Gasteiger partial charge in [-0.1, -0.05) is 17.4 Å². The number of thiophene rings is 1. The molecule has 0 unspecified atom stereocenters. The highest BCUT2D eigenvalue weighted by atomic mass is 32.3. The smallest absolute Gasteiger partial charge is 0.348 e. The summed E-state index contributed by atoms with van der Waals surface area (Å²) in [7, 11) is -3.82. The molecule has 0 atom stereocenters. The minimum absolute atomic E-state index is 0.00852. The first-order chi connectivity index (χ1) is 11.5. The van der Waals surface area contributed by atoms with Crippen molar-refractivity contribution in [3.63, 3.8) is 0 Å². The molecule has 1 saturated carbocycles. The zero-order chi connectivity index (χ0) is 16.7. The lowest BCUT2D eigenvalue weighted by Crippen LogP contribution is -2.12. The van der Waals surface area contributed by atoms with Gasteiger partial charge in [-0.3, -0.25) is 4.79 Å². The Hall–Kier alpha value is -1.97. The lowest BCUT2D eigenvalue weighted by atomic mass is 10.3. The molecule has 9 heteroatoms. The van der Waals surface area contributed by atoms with Gasteiger partial charge in [-0.25, -0.2) is 4.98 Å². The largest absolute Gasteiger partial charge is 0.378 e. The van der Waals surface area contributed by atoms with Crippen LogP contribution in [0, 0.1) is 5.92 Å². The van der Waals surface area contributed by atoms with E-state index in [2.05, 4.69) is 10.3 Å². The van der Waals surface area contributed by atoms with Gasteiger partial charge in [0.1, 0.15) is 5.75 Å². The van der Waals surface area contributed by atoms with E-state index in [1.807, 2.05) is 0 Å². The standard InChI is InChI=1S/C15H12N2O4S3/c18-14(9-3-4-9)17-15-16-11-6-5-10(8-12(11)23-15)21-24(19,20)13-2-1-7-22-13/h1-2,5-9H,3-4H2,(H,16,17,18). The number of hydrogen-bond donors (Lipinski definition) is 1. The number of nitrogens with one attached hydrogen (secondary N) is 1. The molecule has 1 fully saturated rings. The van der Waals surface area contributed by atoms with Crippen molar-refractivity contribution < 1.29 is 17.4 Å². The zero-order valence-electron chi connectivity index (χ0n) is 12.3. The fourth-order valence-electron chi connectivity index (χ4n) is 2.14. The topological polar surface area (TPSA) is 85.4 Å². The van der Waals surface area contributed by atoms with E-state index in [1.54, 1.807) is 29.6 Å². The molecule has 1 aliphatic carbocycles. The Balaban J connectivity index is 1.57. The number of carbonyl (C=O) groups is 1. The summed E-state index contributed by atoms with van der Waals surface area (Å²) in [6.07, 6.45) is 1.85. The van der Waals surface area contributed by atoms with E-state index in [4.69, 9.17) is 4.18 Å². The lowest BCUT2D eigenvalue weighted by molar-refractivity contribution is -0.117. The van der Waals surface area contributed by atoms with E-state index in [1.165, 1.54) is 17.4 Å². The molecule has 0 radical (unpaired) electrons. The number of nitrogens with zero attached hydrogens (tertiary/aromatic N) is 1. The van der Waals surface area contributed by atoms with Crippen LogP contribution in [0.25, 0.3) is 10.2 Å². The highest BCUT2D eigenvalue weighted by Crippen LogP contribution is 2.33. The van der Waals surface area contributed by atoms with E-state index >= 15 is 0 Å². The normalized spacial score (nSPS) is 14.7. The summed E-state index contributed by atoms with van der Waals surface area (Å²) in [5.41, 5.74) is 0.687. The quantitative estimate of drug-likeness (QED) is 0.685. The molecule has 3 aromatic rings. The summed E-state index contributed by atoms with van der Waals surface area (Å²) < 4.78 is 30.4. The average Bonchev–Trinajstić information content (AvgIpc) is 3.07. The van der Waals surface area contributed by atoms with E-state index in [0.717, 1.165) is 28.9 Å². The summed E-state index contributed by atoms with van der Waals surface area (Å²) in [4.78, 5) is 16.1.